The molecule has 32 heavy (non-hydrogen) atoms. The molecule has 1 aromatic heterocycles. The van der Waals surface area contributed by atoms with Crippen LogP contribution in [0.3, 0.4) is 0 Å². The molecule has 0 saturated carbocycles. The molecule has 4 N–H and O–H groups in total. The summed E-state index contributed by atoms with van der Waals surface area (Å²) in [5.41, 5.74) is 11.6. The molecule has 2 heterocycles. The van der Waals surface area contributed by atoms with Crippen molar-refractivity contribution in [1.29, 1.82) is 0 Å². The summed E-state index contributed by atoms with van der Waals surface area (Å²) in [5, 5.41) is 2.11. The summed E-state index contributed by atoms with van der Waals surface area (Å²) in [6.07, 6.45) is 5.02. The molecule has 1 unspecified atom stereocenters. The van der Waals surface area contributed by atoms with Gasteiger partial charge in [-0.05, 0) is 19.4 Å². The predicted octanol–water partition coefficient (Wildman–Crippen LogP) is 1.66. The molecule has 8 nitrogen and oxygen atoms in total. The van der Waals surface area contributed by atoms with E-state index < -0.39 is 5.66 Å². The summed E-state index contributed by atoms with van der Waals surface area (Å²) in [4.78, 5) is 11.8. The van der Waals surface area contributed by atoms with Gasteiger partial charge in [0.15, 0.2) is 5.82 Å². The van der Waals surface area contributed by atoms with Gasteiger partial charge in [-0.1, -0.05) is 29.3 Å². The number of nitrogens with two attached hydrogens (primary N) is 2. The van der Waals surface area contributed by atoms with E-state index in [0.717, 1.165) is 23.5 Å². The van der Waals surface area contributed by atoms with E-state index in [-0.39, 0.29) is 5.60 Å². The highest BCUT2D eigenvalue weighted by molar-refractivity contribution is 6.40. The number of rotatable bonds is 5. The van der Waals surface area contributed by atoms with Gasteiger partial charge in [0.1, 0.15) is 17.3 Å². The van der Waals surface area contributed by atoms with Crippen LogP contribution in [0.4, 0.5) is 5.82 Å². The zero-order valence-electron chi connectivity index (χ0n) is 18.5. The first kappa shape index (κ1) is 23.1. The number of fused-ring (bicyclic) bond motifs is 1. The number of hydrogen-bond acceptors (Lipinski definition) is 8. The molecule has 1 saturated heterocycles. The van der Waals surface area contributed by atoms with Crippen molar-refractivity contribution in [2.75, 3.05) is 39.3 Å². The average Bonchev–Trinajstić information content (AvgIpc) is 3.16. The lowest BCUT2D eigenvalue weighted by Crippen LogP contribution is -2.53. The van der Waals surface area contributed by atoms with Crippen LogP contribution in [0, 0.1) is 0 Å². The van der Waals surface area contributed by atoms with Crippen LogP contribution in [-0.2, 0) is 4.74 Å². The molecule has 1 aliphatic heterocycles. The van der Waals surface area contributed by atoms with Crippen molar-refractivity contribution in [2.24, 2.45) is 11.5 Å². The molecule has 2 aromatic rings. The lowest BCUT2D eigenvalue weighted by atomic mass is 10.0. The number of ether oxygens (including phenoxy) is 3. The summed E-state index contributed by atoms with van der Waals surface area (Å²) in [6.45, 7) is 3.49. The van der Waals surface area contributed by atoms with Crippen molar-refractivity contribution in [3.63, 3.8) is 0 Å². The van der Waals surface area contributed by atoms with Crippen LogP contribution in [-0.4, -0.2) is 55.7 Å². The number of methoxy groups -OCH3 is 3. The molecule has 0 bridgehead atoms. The SMILES string of the molecule is COc1cc(OC)c(Cl)c(-c2nc(N3CCC(C)(OC)C3)c3c(n2)=CCC(N)(N)C=3)c1Cl. The van der Waals surface area contributed by atoms with E-state index in [2.05, 4.69) is 11.8 Å². The van der Waals surface area contributed by atoms with Crippen LogP contribution in [0.15, 0.2) is 6.07 Å². The minimum Gasteiger partial charge on any atom is -0.495 e. The highest BCUT2D eigenvalue weighted by Crippen LogP contribution is 2.45. The number of hydrogen-bond donors (Lipinski definition) is 2. The Bertz CT molecular complexity index is 1160. The molecule has 1 fully saturated rings. The Labute approximate surface area is 196 Å². The number of benzene rings is 1. The standard InChI is InChI=1S/C22H27Cl2N5O3/c1-21(32-4)7-8-29(11-21)20-12-10-22(25,26)6-5-13(12)27-19(28-20)16-17(23)14(30-2)9-15(31-3)18(16)24/h5,9-10H,6-8,11,25-26H2,1-4H3. The van der Waals surface area contributed by atoms with E-state index in [1.54, 1.807) is 13.2 Å². The van der Waals surface area contributed by atoms with Gasteiger partial charge >= 0.3 is 0 Å². The molecule has 0 spiro atoms. The molecule has 1 aliphatic carbocycles. The van der Waals surface area contributed by atoms with Gasteiger partial charge < -0.3 is 30.6 Å². The zero-order chi connectivity index (χ0) is 23.3. The maximum absolute atomic E-state index is 6.65. The fraction of sp³-hybridized carbons (Fsp3) is 0.455. The van der Waals surface area contributed by atoms with Gasteiger partial charge in [-0.25, -0.2) is 9.97 Å². The van der Waals surface area contributed by atoms with E-state index >= 15 is 0 Å². The second kappa shape index (κ2) is 8.35. The normalized spacial score (nSPS) is 21.6. The van der Waals surface area contributed by atoms with Gasteiger partial charge in [0, 0.05) is 37.9 Å². The van der Waals surface area contributed by atoms with Crippen molar-refractivity contribution >= 4 is 41.2 Å². The first-order valence-electron chi connectivity index (χ1n) is 10.2. The Kier molecular flexibility index (Phi) is 6.02. The third kappa shape index (κ3) is 4.02. The minimum atomic E-state index is -0.981. The largest absolute Gasteiger partial charge is 0.495 e. The van der Waals surface area contributed by atoms with Gasteiger partial charge in [0.25, 0.3) is 0 Å². The molecule has 172 valence electrons. The number of aromatic nitrogens is 2. The summed E-state index contributed by atoms with van der Waals surface area (Å²) < 4.78 is 16.6. The zero-order valence-corrected chi connectivity index (χ0v) is 20.0. The molecule has 0 amide bonds. The number of halogens is 2. The van der Waals surface area contributed by atoms with Gasteiger partial charge in [-0.2, -0.15) is 0 Å². The third-order valence-corrected chi connectivity index (χ3v) is 6.79. The highest BCUT2D eigenvalue weighted by Gasteiger charge is 2.36. The summed E-state index contributed by atoms with van der Waals surface area (Å²) in [6, 6.07) is 1.63. The average molecular weight is 480 g/mol. The van der Waals surface area contributed by atoms with E-state index in [9.17, 15) is 0 Å². The van der Waals surface area contributed by atoms with E-state index in [0.29, 0.717) is 51.7 Å². The van der Waals surface area contributed by atoms with Crippen LogP contribution in [0.5, 0.6) is 11.5 Å². The third-order valence-electron chi connectivity index (χ3n) is 6.04. The fourth-order valence-corrected chi connectivity index (χ4v) is 4.75. The van der Waals surface area contributed by atoms with Gasteiger partial charge in [0.2, 0.25) is 0 Å². The first-order chi connectivity index (χ1) is 15.1. The maximum atomic E-state index is 6.65. The van der Waals surface area contributed by atoms with E-state index in [4.69, 9.17) is 58.8 Å². The minimum absolute atomic E-state index is 0.284. The maximum Gasteiger partial charge on any atom is 0.165 e. The molecule has 10 heteroatoms. The van der Waals surface area contributed by atoms with Crippen molar-refractivity contribution in [2.45, 2.75) is 31.0 Å². The molecule has 2 aliphatic rings. The lowest BCUT2D eigenvalue weighted by Gasteiger charge is -2.26. The van der Waals surface area contributed by atoms with E-state index in [1.807, 2.05) is 12.2 Å². The van der Waals surface area contributed by atoms with Crippen LogP contribution in [0.1, 0.15) is 19.8 Å². The van der Waals surface area contributed by atoms with Crippen LogP contribution in [0.25, 0.3) is 23.5 Å². The van der Waals surface area contributed by atoms with Gasteiger partial charge in [-0.3, -0.25) is 0 Å². The topological polar surface area (TPSA) is 109 Å². The monoisotopic (exact) mass is 479 g/mol. The van der Waals surface area contributed by atoms with Crippen molar-refractivity contribution in [3.8, 4) is 22.9 Å². The molecular formula is C22H27Cl2N5O3. The van der Waals surface area contributed by atoms with Crippen molar-refractivity contribution < 1.29 is 14.2 Å². The highest BCUT2D eigenvalue weighted by atomic mass is 35.5. The summed E-state index contributed by atoms with van der Waals surface area (Å²) in [5.74, 6) is 1.90. The molecule has 0 radical (unpaired) electrons. The first-order valence-corrected chi connectivity index (χ1v) is 11.0. The smallest absolute Gasteiger partial charge is 0.165 e. The van der Waals surface area contributed by atoms with Crippen LogP contribution >= 0.6 is 23.2 Å². The quantitative estimate of drug-likeness (QED) is 0.623. The molecule has 4 rings (SSSR count). The molecule has 1 aromatic carbocycles. The number of nitrogens with zero attached hydrogens (tertiary/aromatic N) is 3. The Morgan fingerprint density at radius 3 is 2.28 bits per heavy atom. The van der Waals surface area contributed by atoms with Crippen molar-refractivity contribution in [3.05, 3.63) is 26.7 Å². The number of anilines is 1. The van der Waals surface area contributed by atoms with Crippen LogP contribution < -0.4 is 36.4 Å². The Morgan fingerprint density at radius 1 is 1.06 bits per heavy atom. The molecule has 1 atom stereocenters. The second-order valence-corrected chi connectivity index (χ2v) is 9.20. The molecular weight excluding hydrogens is 453 g/mol. The van der Waals surface area contributed by atoms with Gasteiger partial charge in [0.05, 0.1) is 46.4 Å². The second-order valence-electron chi connectivity index (χ2n) is 8.44. The summed E-state index contributed by atoms with van der Waals surface area (Å²) in [7, 11) is 4.77. The predicted molar refractivity (Wildman–Crippen MR) is 127 cm³/mol. The fourth-order valence-electron chi connectivity index (χ4n) is 4.09. The van der Waals surface area contributed by atoms with Gasteiger partial charge in [-0.15, -0.1) is 0 Å². The Hall–Kier alpha value is -2.10. The van der Waals surface area contributed by atoms with E-state index in [1.165, 1.54) is 14.2 Å². The lowest BCUT2D eigenvalue weighted by molar-refractivity contribution is 0.0256. The Balaban J connectivity index is 1.99. The Morgan fingerprint density at radius 2 is 1.72 bits per heavy atom. The summed E-state index contributed by atoms with van der Waals surface area (Å²) >= 11 is 13.3. The van der Waals surface area contributed by atoms with Crippen LogP contribution in [0.2, 0.25) is 10.0 Å². The van der Waals surface area contributed by atoms with Crippen molar-refractivity contribution in [1.82, 2.24) is 9.97 Å².